The van der Waals surface area contributed by atoms with E-state index in [9.17, 15) is 0 Å². The van der Waals surface area contributed by atoms with Crippen molar-refractivity contribution >= 4 is 11.8 Å². The van der Waals surface area contributed by atoms with Gasteiger partial charge in [0.15, 0.2) is 5.82 Å². The maximum Gasteiger partial charge on any atom is 0.210 e. The van der Waals surface area contributed by atoms with Gasteiger partial charge in [-0.1, -0.05) is 50.6 Å². The summed E-state index contributed by atoms with van der Waals surface area (Å²) in [6.07, 6.45) is 5.09. The Labute approximate surface area is 148 Å². The summed E-state index contributed by atoms with van der Waals surface area (Å²) in [4.78, 5) is 0. The second-order valence-electron chi connectivity index (χ2n) is 6.78. The minimum atomic E-state index is 0.331. The SMILES string of the molecule is Cc1ccc(C(C)C)c(OCc2nnc(SC3CCCC3)n2N)c1. The molecule has 0 bridgehead atoms. The lowest BCUT2D eigenvalue weighted by Gasteiger charge is -2.14. The maximum absolute atomic E-state index is 6.16. The van der Waals surface area contributed by atoms with Crippen molar-refractivity contribution in [1.82, 2.24) is 14.9 Å². The van der Waals surface area contributed by atoms with Crippen molar-refractivity contribution in [2.45, 2.75) is 69.4 Å². The zero-order valence-corrected chi connectivity index (χ0v) is 15.5. The number of aryl methyl sites for hydroxylation is 1. The largest absolute Gasteiger partial charge is 0.485 e. The van der Waals surface area contributed by atoms with Gasteiger partial charge < -0.3 is 10.6 Å². The van der Waals surface area contributed by atoms with Crippen LogP contribution in [-0.4, -0.2) is 20.1 Å². The quantitative estimate of drug-likeness (QED) is 0.800. The van der Waals surface area contributed by atoms with E-state index in [4.69, 9.17) is 10.6 Å². The first kappa shape index (κ1) is 17.1. The Bertz CT molecular complexity index is 692. The monoisotopic (exact) mass is 346 g/mol. The van der Waals surface area contributed by atoms with Gasteiger partial charge in [0, 0.05) is 5.25 Å². The Kier molecular flexibility index (Phi) is 5.33. The van der Waals surface area contributed by atoms with E-state index in [-0.39, 0.29) is 0 Å². The maximum atomic E-state index is 6.16. The van der Waals surface area contributed by atoms with Crippen LogP contribution in [0.15, 0.2) is 23.4 Å². The van der Waals surface area contributed by atoms with Gasteiger partial charge in [-0.3, -0.25) is 0 Å². The molecule has 3 rings (SSSR count). The van der Waals surface area contributed by atoms with Gasteiger partial charge in [-0.05, 0) is 42.9 Å². The van der Waals surface area contributed by atoms with Crippen LogP contribution in [0.25, 0.3) is 0 Å². The molecule has 1 fully saturated rings. The number of nitrogen functional groups attached to an aromatic ring is 1. The van der Waals surface area contributed by atoms with E-state index < -0.39 is 0 Å². The molecule has 0 aliphatic heterocycles. The number of thioether (sulfide) groups is 1. The highest BCUT2D eigenvalue weighted by Crippen LogP contribution is 2.33. The Hall–Kier alpha value is -1.69. The van der Waals surface area contributed by atoms with Crippen molar-refractivity contribution in [3.05, 3.63) is 35.2 Å². The lowest BCUT2D eigenvalue weighted by molar-refractivity contribution is 0.287. The van der Waals surface area contributed by atoms with Crippen molar-refractivity contribution in [2.75, 3.05) is 5.84 Å². The van der Waals surface area contributed by atoms with E-state index in [1.165, 1.54) is 36.8 Å². The number of rotatable bonds is 6. The zero-order chi connectivity index (χ0) is 17.1. The molecule has 1 aliphatic rings. The van der Waals surface area contributed by atoms with Crippen molar-refractivity contribution in [2.24, 2.45) is 0 Å². The Morgan fingerprint density at radius 2 is 2.04 bits per heavy atom. The van der Waals surface area contributed by atoms with Crippen LogP contribution in [-0.2, 0) is 6.61 Å². The Morgan fingerprint density at radius 1 is 1.29 bits per heavy atom. The summed E-state index contributed by atoms with van der Waals surface area (Å²) in [7, 11) is 0. The number of aromatic nitrogens is 3. The summed E-state index contributed by atoms with van der Waals surface area (Å²) in [5.41, 5.74) is 2.38. The summed E-state index contributed by atoms with van der Waals surface area (Å²) in [6, 6.07) is 6.31. The fourth-order valence-electron chi connectivity index (χ4n) is 3.03. The summed E-state index contributed by atoms with van der Waals surface area (Å²) in [6.45, 7) is 6.73. The fourth-order valence-corrected chi connectivity index (χ4v) is 4.20. The van der Waals surface area contributed by atoms with Crippen LogP contribution in [0.5, 0.6) is 5.75 Å². The number of nitrogens with zero attached hydrogens (tertiary/aromatic N) is 3. The summed E-state index contributed by atoms with van der Waals surface area (Å²) in [5, 5.41) is 9.86. The molecule has 5 nitrogen and oxygen atoms in total. The summed E-state index contributed by atoms with van der Waals surface area (Å²) < 4.78 is 7.59. The smallest absolute Gasteiger partial charge is 0.210 e. The van der Waals surface area contributed by atoms with E-state index in [1.807, 2.05) is 0 Å². The molecule has 0 atom stereocenters. The van der Waals surface area contributed by atoms with Gasteiger partial charge in [-0.25, -0.2) is 4.68 Å². The van der Waals surface area contributed by atoms with Gasteiger partial charge in [0.1, 0.15) is 12.4 Å². The molecular formula is C18H26N4OS. The zero-order valence-electron chi connectivity index (χ0n) is 14.7. The lowest BCUT2D eigenvalue weighted by Crippen LogP contribution is -2.16. The average Bonchev–Trinajstić information content (AvgIpc) is 3.17. The van der Waals surface area contributed by atoms with Gasteiger partial charge >= 0.3 is 0 Å². The molecule has 24 heavy (non-hydrogen) atoms. The number of hydrogen-bond donors (Lipinski definition) is 1. The van der Waals surface area contributed by atoms with Gasteiger partial charge in [-0.15, -0.1) is 10.2 Å². The van der Waals surface area contributed by atoms with Crippen molar-refractivity contribution < 1.29 is 4.74 Å². The highest BCUT2D eigenvalue weighted by atomic mass is 32.2. The van der Waals surface area contributed by atoms with Crippen LogP contribution < -0.4 is 10.6 Å². The molecule has 0 spiro atoms. The summed E-state index contributed by atoms with van der Waals surface area (Å²) >= 11 is 1.74. The predicted molar refractivity (Wildman–Crippen MR) is 97.9 cm³/mol. The lowest BCUT2D eigenvalue weighted by atomic mass is 10.0. The predicted octanol–water partition coefficient (Wildman–Crippen LogP) is 4.04. The third-order valence-corrected chi connectivity index (χ3v) is 5.75. The van der Waals surface area contributed by atoms with Gasteiger partial charge in [0.25, 0.3) is 0 Å². The Morgan fingerprint density at radius 3 is 2.75 bits per heavy atom. The first-order chi connectivity index (χ1) is 11.5. The molecule has 1 heterocycles. The third-order valence-electron chi connectivity index (χ3n) is 4.46. The van der Waals surface area contributed by atoms with Gasteiger partial charge in [0.2, 0.25) is 5.16 Å². The molecule has 0 unspecified atom stereocenters. The van der Waals surface area contributed by atoms with E-state index >= 15 is 0 Å². The van der Waals surface area contributed by atoms with E-state index in [0.717, 1.165) is 10.9 Å². The van der Waals surface area contributed by atoms with E-state index in [0.29, 0.717) is 23.6 Å². The van der Waals surface area contributed by atoms with Crippen LogP contribution in [0.2, 0.25) is 0 Å². The number of ether oxygens (including phenoxy) is 1. The molecule has 2 aromatic rings. The molecule has 1 aliphatic carbocycles. The third kappa shape index (κ3) is 3.86. The number of hydrogen-bond acceptors (Lipinski definition) is 5. The summed E-state index contributed by atoms with van der Waals surface area (Å²) in [5.74, 6) is 8.13. The van der Waals surface area contributed by atoms with Crippen LogP contribution in [0, 0.1) is 6.92 Å². The van der Waals surface area contributed by atoms with E-state index in [1.54, 1.807) is 16.4 Å². The first-order valence-corrected chi connectivity index (χ1v) is 9.52. The molecule has 1 aromatic carbocycles. The normalized spacial score (nSPS) is 15.3. The molecule has 0 amide bonds. The van der Waals surface area contributed by atoms with Crippen LogP contribution in [0.1, 0.15) is 62.4 Å². The molecule has 130 valence electrons. The van der Waals surface area contributed by atoms with Crippen LogP contribution >= 0.6 is 11.8 Å². The minimum Gasteiger partial charge on any atom is -0.485 e. The van der Waals surface area contributed by atoms with Gasteiger partial charge in [-0.2, -0.15) is 0 Å². The average molecular weight is 347 g/mol. The minimum absolute atomic E-state index is 0.331. The van der Waals surface area contributed by atoms with E-state index in [2.05, 4.69) is 49.2 Å². The number of benzene rings is 1. The molecule has 6 heteroatoms. The molecular weight excluding hydrogens is 320 g/mol. The second-order valence-corrected chi connectivity index (χ2v) is 8.05. The standard InChI is InChI=1S/C18H26N4OS/c1-12(2)15-9-8-13(3)10-16(15)23-11-17-20-21-18(22(17)19)24-14-6-4-5-7-14/h8-10,12,14H,4-7,11,19H2,1-3H3. The number of nitrogens with two attached hydrogens (primary N) is 1. The van der Waals surface area contributed by atoms with Crippen molar-refractivity contribution in [1.29, 1.82) is 0 Å². The van der Waals surface area contributed by atoms with Crippen LogP contribution in [0.3, 0.4) is 0 Å². The highest BCUT2D eigenvalue weighted by molar-refractivity contribution is 7.99. The Balaban J connectivity index is 1.69. The first-order valence-electron chi connectivity index (χ1n) is 8.64. The van der Waals surface area contributed by atoms with Crippen molar-refractivity contribution in [3.63, 3.8) is 0 Å². The molecule has 0 saturated heterocycles. The fraction of sp³-hybridized carbons (Fsp3) is 0.556. The molecule has 1 saturated carbocycles. The highest BCUT2D eigenvalue weighted by Gasteiger charge is 2.20. The van der Waals surface area contributed by atoms with Crippen LogP contribution in [0.4, 0.5) is 0 Å². The second kappa shape index (κ2) is 7.47. The topological polar surface area (TPSA) is 66.0 Å². The molecule has 0 radical (unpaired) electrons. The molecule has 2 N–H and O–H groups in total. The molecule has 1 aromatic heterocycles. The van der Waals surface area contributed by atoms with Gasteiger partial charge in [0.05, 0.1) is 0 Å². The van der Waals surface area contributed by atoms with Crippen molar-refractivity contribution in [3.8, 4) is 5.75 Å².